The first-order valence-corrected chi connectivity index (χ1v) is 12.0. The first kappa shape index (κ1) is 23.6. The third-order valence-electron chi connectivity index (χ3n) is 5.41. The molecule has 0 spiro atoms. The lowest BCUT2D eigenvalue weighted by Crippen LogP contribution is -2.11. The summed E-state index contributed by atoms with van der Waals surface area (Å²) in [6, 6.07) is 12.8. The number of rotatable bonds is 5. The topological polar surface area (TPSA) is 74.6 Å². The lowest BCUT2D eigenvalue weighted by Gasteiger charge is -2.12. The van der Waals surface area contributed by atoms with E-state index in [0.717, 1.165) is 16.8 Å². The van der Waals surface area contributed by atoms with Crippen LogP contribution < -0.4 is 0 Å². The quantitative estimate of drug-likeness (QED) is 0.244. The molecule has 0 radical (unpaired) electrons. The minimum absolute atomic E-state index is 0.309. The van der Waals surface area contributed by atoms with Gasteiger partial charge in [0, 0.05) is 39.0 Å². The molecule has 0 amide bonds. The Hall–Kier alpha value is -3.13. The van der Waals surface area contributed by atoms with Gasteiger partial charge in [0.2, 0.25) is 5.89 Å². The highest BCUT2D eigenvalue weighted by molar-refractivity contribution is 6.35. The SMILES string of the molecule is CC(C)(C)c1nnc(-c2nn(-c3ccc(Cl)cc3Cl)c(-c3ccc(Cl)cc3)c2Cn2ccnc2)o1. The van der Waals surface area contributed by atoms with Crippen LogP contribution in [0.5, 0.6) is 0 Å². The van der Waals surface area contributed by atoms with Crippen molar-refractivity contribution >= 4 is 34.8 Å². The first-order chi connectivity index (χ1) is 16.7. The molecule has 3 heterocycles. The highest BCUT2D eigenvalue weighted by Gasteiger charge is 2.28. The monoisotopic (exact) mass is 526 g/mol. The van der Waals surface area contributed by atoms with Crippen LogP contribution in [-0.4, -0.2) is 29.5 Å². The van der Waals surface area contributed by atoms with Gasteiger partial charge in [0.1, 0.15) is 0 Å². The van der Waals surface area contributed by atoms with Gasteiger partial charge in [-0.05, 0) is 30.3 Å². The maximum absolute atomic E-state index is 6.63. The van der Waals surface area contributed by atoms with Crippen molar-refractivity contribution < 1.29 is 4.42 Å². The normalized spacial score (nSPS) is 11.8. The van der Waals surface area contributed by atoms with Gasteiger partial charge in [0.15, 0.2) is 5.69 Å². The number of aromatic nitrogens is 6. The minimum atomic E-state index is -0.309. The van der Waals surface area contributed by atoms with E-state index in [1.165, 1.54) is 0 Å². The van der Waals surface area contributed by atoms with Crippen molar-refractivity contribution in [3.8, 4) is 28.5 Å². The van der Waals surface area contributed by atoms with Gasteiger partial charge in [-0.25, -0.2) is 9.67 Å². The average molecular weight is 528 g/mol. The smallest absolute Gasteiger partial charge is 0.268 e. The fourth-order valence-corrected chi connectivity index (χ4v) is 4.30. The van der Waals surface area contributed by atoms with E-state index in [1.54, 1.807) is 29.3 Å². The van der Waals surface area contributed by atoms with Crippen molar-refractivity contribution in [2.24, 2.45) is 0 Å². The molecule has 7 nitrogen and oxygen atoms in total. The Bertz CT molecular complexity index is 1480. The molecule has 178 valence electrons. The van der Waals surface area contributed by atoms with E-state index in [2.05, 4.69) is 15.2 Å². The molecule has 0 aliphatic carbocycles. The summed E-state index contributed by atoms with van der Waals surface area (Å²) in [5.74, 6) is 0.845. The zero-order chi connectivity index (χ0) is 24.7. The van der Waals surface area contributed by atoms with Crippen LogP contribution in [0.3, 0.4) is 0 Å². The Balaban J connectivity index is 1.81. The number of imidazole rings is 1. The van der Waals surface area contributed by atoms with Crippen LogP contribution in [0, 0.1) is 0 Å². The third-order valence-corrected chi connectivity index (χ3v) is 6.20. The second kappa shape index (κ2) is 9.15. The summed E-state index contributed by atoms with van der Waals surface area (Å²) in [6.07, 6.45) is 5.36. The maximum atomic E-state index is 6.63. The molecule has 0 aliphatic rings. The zero-order valence-electron chi connectivity index (χ0n) is 19.2. The number of benzene rings is 2. The summed E-state index contributed by atoms with van der Waals surface area (Å²) in [7, 11) is 0. The van der Waals surface area contributed by atoms with E-state index in [-0.39, 0.29) is 5.41 Å². The van der Waals surface area contributed by atoms with E-state index >= 15 is 0 Å². The summed E-state index contributed by atoms with van der Waals surface area (Å²) in [5.41, 5.74) is 3.47. The number of hydrogen-bond acceptors (Lipinski definition) is 5. The van der Waals surface area contributed by atoms with E-state index in [9.17, 15) is 0 Å². The van der Waals surface area contributed by atoms with Crippen molar-refractivity contribution in [3.63, 3.8) is 0 Å². The summed E-state index contributed by atoms with van der Waals surface area (Å²) >= 11 is 19.0. The highest BCUT2D eigenvalue weighted by atomic mass is 35.5. The number of hydrogen-bond donors (Lipinski definition) is 0. The van der Waals surface area contributed by atoms with Crippen molar-refractivity contribution in [2.75, 3.05) is 0 Å². The second-order valence-electron chi connectivity index (χ2n) is 9.09. The molecule has 5 aromatic rings. The van der Waals surface area contributed by atoms with Crippen molar-refractivity contribution in [2.45, 2.75) is 32.7 Å². The summed E-state index contributed by atoms with van der Waals surface area (Å²) in [4.78, 5) is 4.19. The molecular weight excluding hydrogens is 507 g/mol. The Kier molecular flexibility index (Phi) is 6.17. The predicted octanol–water partition coefficient (Wildman–Crippen LogP) is 7.09. The van der Waals surface area contributed by atoms with Gasteiger partial charge in [0.05, 0.1) is 29.3 Å². The molecule has 2 aromatic carbocycles. The van der Waals surface area contributed by atoms with E-state index < -0.39 is 0 Å². The molecule has 0 N–H and O–H groups in total. The molecule has 0 fully saturated rings. The molecule has 5 rings (SSSR count). The van der Waals surface area contributed by atoms with Gasteiger partial charge >= 0.3 is 0 Å². The molecule has 0 bridgehead atoms. The Morgan fingerprint density at radius 1 is 0.943 bits per heavy atom. The standard InChI is InChI=1S/C25H21Cl3N6O/c1-25(2,3)24-31-30-23(35-24)21-18(13-33-11-10-29-14-33)22(15-4-6-16(26)7-5-15)34(32-21)20-9-8-17(27)12-19(20)28/h4-12,14H,13H2,1-3H3. The van der Waals surface area contributed by atoms with E-state index in [1.807, 2.05) is 61.9 Å². The number of nitrogens with zero attached hydrogens (tertiary/aromatic N) is 6. The van der Waals surface area contributed by atoms with Crippen molar-refractivity contribution in [3.05, 3.63) is 87.7 Å². The third kappa shape index (κ3) is 4.72. The number of halogens is 3. The van der Waals surface area contributed by atoms with Crippen molar-refractivity contribution in [1.82, 2.24) is 29.5 Å². The molecule has 0 atom stereocenters. The summed E-state index contributed by atoms with van der Waals surface area (Å²) < 4.78 is 9.84. The van der Waals surface area contributed by atoms with Crippen LogP contribution in [0.4, 0.5) is 0 Å². The van der Waals surface area contributed by atoms with Gasteiger partial charge < -0.3 is 8.98 Å². The second-order valence-corrected chi connectivity index (χ2v) is 10.4. The Morgan fingerprint density at radius 3 is 2.31 bits per heavy atom. The van der Waals surface area contributed by atoms with Crippen molar-refractivity contribution in [1.29, 1.82) is 0 Å². The Morgan fingerprint density at radius 2 is 1.69 bits per heavy atom. The van der Waals surface area contributed by atoms with Gasteiger partial charge in [-0.1, -0.05) is 67.7 Å². The predicted molar refractivity (Wildman–Crippen MR) is 137 cm³/mol. The van der Waals surface area contributed by atoms with Crippen LogP contribution >= 0.6 is 34.8 Å². The molecule has 3 aromatic heterocycles. The first-order valence-electron chi connectivity index (χ1n) is 10.8. The molecule has 0 unspecified atom stereocenters. The molecule has 0 saturated heterocycles. The summed E-state index contributed by atoms with van der Waals surface area (Å²) in [5, 5.41) is 15.2. The largest absolute Gasteiger partial charge is 0.419 e. The maximum Gasteiger partial charge on any atom is 0.268 e. The van der Waals surface area contributed by atoms with Crippen LogP contribution in [0.2, 0.25) is 15.1 Å². The minimum Gasteiger partial charge on any atom is -0.419 e. The van der Waals surface area contributed by atoms with Gasteiger partial charge in [0.25, 0.3) is 5.89 Å². The van der Waals surface area contributed by atoms with Gasteiger partial charge in [-0.2, -0.15) is 5.10 Å². The van der Waals surface area contributed by atoms with Crippen LogP contribution in [0.15, 0.2) is 65.6 Å². The van der Waals surface area contributed by atoms with Crippen LogP contribution in [0.25, 0.3) is 28.5 Å². The molecule has 10 heteroatoms. The molecule has 0 saturated carbocycles. The fraction of sp³-hybridized carbons (Fsp3) is 0.200. The van der Waals surface area contributed by atoms with E-state index in [0.29, 0.717) is 44.8 Å². The van der Waals surface area contributed by atoms with Gasteiger partial charge in [-0.3, -0.25) is 0 Å². The lowest BCUT2D eigenvalue weighted by molar-refractivity contribution is 0.398. The van der Waals surface area contributed by atoms with E-state index in [4.69, 9.17) is 44.3 Å². The molecule has 35 heavy (non-hydrogen) atoms. The average Bonchev–Trinajstić information content (AvgIpc) is 3.55. The summed E-state index contributed by atoms with van der Waals surface area (Å²) in [6.45, 7) is 6.51. The molecular formula is C25H21Cl3N6O. The lowest BCUT2D eigenvalue weighted by atomic mass is 9.97. The van der Waals surface area contributed by atoms with Crippen LogP contribution in [-0.2, 0) is 12.0 Å². The fourth-order valence-electron chi connectivity index (χ4n) is 3.69. The Labute approximate surface area is 217 Å². The highest BCUT2D eigenvalue weighted by Crippen LogP contribution is 2.37. The zero-order valence-corrected chi connectivity index (χ0v) is 21.5. The van der Waals surface area contributed by atoms with Gasteiger partial charge in [-0.15, -0.1) is 10.2 Å². The van der Waals surface area contributed by atoms with Crippen LogP contribution in [0.1, 0.15) is 32.2 Å². The molecule has 0 aliphatic heterocycles.